The molecule has 33 heavy (non-hydrogen) atoms. The molecule has 9 heteroatoms. The number of benzene rings is 2. The van der Waals surface area contributed by atoms with Crippen molar-refractivity contribution in [3.05, 3.63) is 42.0 Å². The maximum absolute atomic E-state index is 12.9. The molecule has 0 radical (unpaired) electrons. The molecule has 0 aliphatic carbocycles. The summed E-state index contributed by atoms with van der Waals surface area (Å²) < 4.78 is 10.5. The predicted molar refractivity (Wildman–Crippen MR) is 133 cm³/mol. The van der Waals surface area contributed by atoms with E-state index in [1.165, 1.54) is 0 Å². The molecular weight excluding hydrogens is 422 g/mol. The Labute approximate surface area is 196 Å². The van der Waals surface area contributed by atoms with Crippen molar-refractivity contribution in [2.45, 2.75) is 13.8 Å². The molecule has 0 saturated heterocycles. The highest BCUT2D eigenvalue weighted by Gasteiger charge is 2.15. The van der Waals surface area contributed by atoms with Gasteiger partial charge in [0.15, 0.2) is 0 Å². The number of amides is 3. The van der Waals surface area contributed by atoms with E-state index in [0.717, 1.165) is 25.3 Å². The molecule has 3 amide bonds. The molecule has 180 valence electrons. The Morgan fingerprint density at radius 1 is 0.879 bits per heavy atom. The largest absolute Gasteiger partial charge is 0.497 e. The zero-order chi connectivity index (χ0) is 24.4. The Bertz CT molecular complexity index is 922. The first-order chi connectivity index (χ1) is 15.8. The number of likely N-dealkylation sites (N-methyl/N-ethyl adjacent to an activating group) is 1. The summed E-state index contributed by atoms with van der Waals surface area (Å²) in [5.74, 6) is 0.930. The molecule has 9 nitrogen and oxygen atoms in total. The Balaban J connectivity index is 2.13. The van der Waals surface area contributed by atoms with Crippen molar-refractivity contribution in [1.82, 2.24) is 10.2 Å². The lowest BCUT2D eigenvalue weighted by atomic mass is 10.1. The summed E-state index contributed by atoms with van der Waals surface area (Å²) in [6.45, 7) is 7.38. The van der Waals surface area contributed by atoms with Gasteiger partial charge >= 0.3 is 6.03 Å². The second-order valence-electron chi connectivity index (χ2n) is 7.59. The van der Waals surface area contributed by atoms with Crippen molar-refractivity contribution < 1.29 is 19.1 Å². The Morgan fingerprint density at radius 3 is 2.03 bits per heavy atom. The Morgan fingerprint density at radius 2 is 1.48 bits per heavy atom. The highest BCUT2D eigenvalue weighted by molar-refractivity contribution is 6.04. The number of rotatable bonds is 11. The minimum Gasteiger partial charge on any atom is -0.497 e. The normalized spacial score (nSPS) is 10.5. The molecule has 0 fully saturated rings. The van der Waals surface area contributed by atoms with Crippen LogP contribution in [0, 0.1) is 0 Å². The third-order valence-electron chi connectivity index (χ3n) is 5.20. The highest BCUT2D eigenvalue weighted by Crippen LogP contribution is 2.26. The van der Waals surface area contributed by atoms with Crippen LogP contribution in [0.15, 0.2) is 36.4 Å². The van der Waals surface area contributed by atoms with Crippen LogP contribution in [0.25, 0.3) is 0 Å². The minimum absolute atomic E-state index is 0.188. The van der Waals surface area contributed by atoms with Crippen LogP contribution in [-0.4, -0.2) is 71.3 Å². The Kier molecular flexibility index (Phi) is 9.81. The first kappa shape index (κ1) is 25.8. The maximum Gasteiger partial charge on any atom is 0.323 e. The van der Waals surface area contributed by atoms with Gasteiger partial charge in [-0.2, -0.15) is 0 Å². The van der Waals surface area contributed by atoms with Crippen LogP contribution in [0.3, 0.4) is 0 Å². The fourth-order valence-electron chi connectivity index (χ4n) is 3.32. The first-order valence-corrected chi connectivity index (χ1v) is 10.9. The van der Waals surface area contributed by atoms with Crippen LogP contribution in [0.5, 0.6) is 11.5 Å². The molecule has 0 heterocycles. The average Bonchev–Trinajstić information content (AvgIpc) is 2.81. The molecule has 0 bridgehead atoms. The van der Waals surface area contributed by atoms with Crippen molar-refractivity contribution in [2.75, 3.05) is 70.0 Å². The number of carbonyl (C=O) groups is 2. The van der Waals surface area contributed by atoms with E-state index in [9.17, 15) is 9.59 Å². The summed E-state index contributed by atoms with van der Waals surface area (Å²) in [6.07, 6.45) is 0. The van der Waals surface area contributed by atoms with Gasteiger partial charge in [0, 0.05) is 62.4 Å². The van der Waals surface area contributed by atoms with Crippen LogP contribution in [0.4, 0.5) is 21.9 Å². The van der Waals surface area contributed by atoms with E-state index >= 15 is 0 Å². The van der Waals surface area contributed by atoms with E-state index < -0.39 is 6.03 Å². The van der Waals surface area contributed by atoms with Crippen molar-refractivity contribution in [3.8, 4) is 11.5 Å². The SMILES string of the molecule is CCN(CC)CCNC(=O)c1cc(NC(=O)Nc2cc(OC)cc(OC)c2)ccc1N(C)C. The van der Waals surface area contributed by atoms with Gasteiger partial charge in [0.2, 0.25) is 0 Å². The summed E-state index contributed by atoms with van der Waals surface area (Å²) in [6, 6.07) is 9.88. The van der Waals surface area contributed by atoms with Gasteiger partial charge in [-0.1, -0.05) is 13.8 Å². The molecular formula is C24H35N5O4. The molecule has 0 saturated carbocycles. The zero-order valence-electron chi connectivity index (χ0n) is 20.3. The second kappa shape index (κ2) is 12.5. The number of hydrogen-bond acceptors (Lipinski definition) is 6. The molecule has 0 atom stereocenters. The van der Waals surface area contributed by atoms with E-state index in [-0.39, 0.29) is 5.91 Å². The van der Waals surface area contributed by atoms with Crippen molar-refractivity contribution >= 4 is 29.0 Å². The van der Waals surface area contributed by atoms with Crippen molar-refractivity contribution in [1.29, 1.82) is 0 Å². The quantitative estimate of drug-likeness (QED) is 0.478. The summed E-state index contributed by atoms with van der Waals surface area (Å²) in [5, 5.41) is 8.52. The lowest BCUT2D eigenvalue weighted by Crippen LogP contribution is -2.35. The van der Waals surface area contributed by atoms with Gasteiger partial charge in [-0.15, -0.1) is 0 Å². The molecule has 0 aliphatic rings. The van der Waals surface area contributed by atoms with Crippen molar-refractivity contribution in [3.63, 3.8) is 0 Å². The number of urea groups is 1. The molecule has 2 aromatic carbocycles. The van der Waals surface area contributed by atoms with Gasteiger partial charge in [-0.3, -0.25) is 4.79 Å². The number of ether oxygens (including phenoxy) is 2. The van der Waals surface area contributed by atoms with Crippen LogP contribution < -0.4 is 30.3 Å². The summed E-state index contributed by atoms with van der Waals surface area (Å²) in [5.41, 5.74) is 2.27. The number of nitrogens with zero attached hydrogens (tertiary/aromatic N) is 2. The summed E-state index contributed by atoms with van der Waals surface area (Å²) in [4.78, 5) is 29.6. The number of hydrogen-bond donors (Lipinski definition) is 3. The fourth-order valence-corrected chi connectivity index (χ4v) is 3.32. The van der Waals surface area contributed by atoms with E-state index in [0.29, 0.717) is 35.0 Å². The number of carbonyl (C=O) groups excluding carboxylic acids is 2. The smallest absolute Gasteiger partial charge is 0.323 e. The number of anilines is 3. The predicted octanol–water partition coefficient (Wildman–Crippen LogP) is 3.49. The third-order valence-corrected chi connectivity index (χ3v) is 5.20. The molecule has 0 unspecified atom stereocenters. The van der Waals surface area contributed by atoms with Gasteiger partial charge in [0.1, 0.15) is 11.5 Å². The van der Waals surface area contributed by atoms with Crippen LogP contribution >= 0.6 is 0 Å². The van der Waals surface area contributed by atoms with Gasteiger partial charge in [-0.05, 0) is 31.3 Å². The van der Waals surface area contributed by atoms with Crippen molar-refractivity contribution in [2.24, 2.45) is 0 Å². The minimum atomic E-state index is -0.448. The summed E-state index contributed by atoms with van der Waals surface area (Å²) >= 11 is 0. The van der Waals surface area contributed by atoms with E-state index in [1.807, 2.05) is 25.1 Å². The topological polar surface area (TPSA) is 95.2 Å². The molecule has 2 aromatic rings. The van der Waals surface area contributed by atoms with E-state index in [4.69, 9.17) is 9.47 Å². The van der Waals surface area contributed by atoms with Crippen LogP contribution in [0.1, 0.15) is 24.2 Å². The standard InChI is InChI=1S/C24H35N5O4/c1-7-29(8-2)12-11-25-23(30)21-15-17(9-10-22(21)28(3)4)26-24(31)27-18-13-19(32-5)16-20(14-18)33-6/h9-10,13-16H,7-8,11-12H2,1-6H3,(H,25,30)(H2,26,27,31). The Hall–Kier alpha value is -3.46. The fraction of sp³-hybridized carbons (Fsp3) is 0.417. The average molecular weight is 458 g/mol. The van der Waals surface area contributed by atoms with Gasteiger partial charge < -0.3 is 35.2 Å². The summed E-state index contributed by atoms with van der Waals surface area (Å²) in [7, 11) is 6.83. The van der Waals surface area contributed by atoms with Gasteiger partial charge in [-0.25, -0.2) is 4.79 Å². The third kappa shape index (κ3) is 7.57. The zero-order valence-corrected chi connectivity index (χ0v) is 20.3. The second-order valence-corrected chi connectivity index (χ2v) is 7.59. The number of methoxy groups -OCH3 is 2. The van der Waals surface area contributed by atoms with E-state index in [1.54, 1.807) is 44.6 Å². The van der Waals surface area contributed by atoms with E-state index in [2.05, 4.69) is 34.7 Å². The molecule has 0 aromatic heterocycles. The molecule has 3 N–H and O–H groups in total. The monoisotopic (exact) mass is 457 g/mol. The number of nitrogens with one attached hydrogen (secondary N) is 3. The molecule has 0 spiro atoms. The van der Waals surface area contributed by atoms with Gasteiger partial charge in [0.25, 0.3) is 5.91 Å². The van der Waals surface area contributed by atoms with Gasteiger partial charge in [0.05, 0.1) is 19.8 Å². The molecule has 2 rings (SSSR count). The van der Waals surface area contributed by atoms with Crippen LogP contribution in [-0.2, 0) is 0 Å². The molecule has 0 aliphatic heterocycles. The maximum atomic E-state index is 12.9. The lowest BCUT2D eigenvalue weighted by Gasteiger charge is -2.20. The first-order valence-electron chi connectivity index (χ1n) is 10.9. The lowest BCUT2D eigenvalue weighted by molar-refractivity contribution is 0.0949. The van der Waals surface area contributed by atoms with Crippen LogP contribution in [0.2, 0.25) is 0 Å². The highest BCUT2D eigenvalue weighted by atomic mass is 16.5.